The van der Waals surface area contributed by atoms with Gasteiger partial charge in [-0.2, -0.15) is 0 Å². The van der Waals surface area contributed by atoms with Gasteiger partial charge in [-0.25, -0.2) is 12.8 Å². The van der Waals surface area contributed by atoms with Gasteiger partial charge in [0.05, 0.1) is 17.7 Å². The Hall–Kier alpha value is -3.92. The zero-order valence-electron chi connectivity index (χ0n) is 19.7. The van der Waals surface area contributed by atoms with Crippen molar-refractivity contribution in [1.29, 1.82) is 0 Å². The topological polar surface area (TPSA) is 96.0 Å². The number of nitrogens with zero attached hydrogens (tertiary/aromatic N) is 2. The molecular formula is C26H26FN3O5S. The first kappa shape index (κ1) is 25.2. The molecule has 0 spiro atoms. The van der Waals surface area contributed by atoms with E-state index in [1.165, 1.54) is 49.6 Å². The molecule has 3 aromatic rings. The number of amides is 2. The lowest BCUT2D eigenvalue weighted by Gasteiger charge is -2.24. The van der Waals surface area contributed by atoms with E-state index < -0.39 is 28.3 Å². The first-order chi connectivity index (χ1) is 17.3. The van der Waals surface area contributed by atoms with Crippen LogP contribution in [0, 0.1) is 5.82 Å². The third-order valence-corrected chi connectivity index (χ3v) is 7.62. The zero-order chi connectivity index (χ0) is 25.7. The Morgan fingerprint density at radius 1 is 1.08 bits per heavy atom. The van der Waals surface area contributed by atoms with Crippen molar-refractivity contribution >= 4 is 33.2 Å². The molecule has 4 rings (SSSR count). The van der Waals surface area contributed by atoms with E-state index in [0.29, 0.717) is 18.7 Å². The molecule has 10 heteroatoms. The largest absolute Gasteiger partial charge is 0.497 e. The molecule has 1 N–H and O–H groups in total. The summed E-state index contributed by atoms with van der Waals surface area (Å²) in [5.74, 6) is -0.870. The summed E-state index contributed by atoms with van der Waals surface area (Å²) in [6, 6.07) is 18.2. The Bertz CT molecular complexity index is 1360. The Kier molecular flexibility index (Phi) is 7.54. The van der Waals surface area contributed by atoms with Gasteiger partial charge in [0.15, 0.2) is 0 Å². The Morgan fingerprint density at radius 3 is 2.50 bits per heavy atom. The summed E-state index contributed by atoms with van der Waals surface area (Å²) >= 11 is 0. The van der Waals surface area contributed by atoms with Crippen LogP contribution in [0.1, 0.15) is 18.4 Å². The summed E-state index contributed by atoms with van der Waals surface area (Å²) in [4.78, 5) is 26.5. The maximum atomic E-state index is 14.6. The van der Waals surface area contributed by atoms with Crippen molar-refractivity contribution < 1.29 is 27.1 Å². The average Bonchev–Trinajstić information content (AvgIpc) is 3.32. The average molecular weight is 512 g/mol. The van der Waals surface area contributed by atoms with Crippen LogP contribution in [0.2, 0.25) is 0 Å². The molecule has 0 aliphatic carbocycles. The van der Waals surface area contributed by atoms with E-state index in [-0.39, 0.29) is 23.0 Å². The van der Waals surface area contributed by atoms with Crippen LogP contribution in [-0.2, 0) is 26.2 Å². The van der Waals surface area contributed by atoms with Gasteiger partial charge in [-0.15, -0.1) is 0 Å². The van der Waals surface area contributed by atoms with E-state index in [9.17, 15) is 22.4 Å². The van der Waals surface area contributed by atoms with Crippen LogP contribution in [0.15, 0.2) is 77.7 Å². The molecule has 0 aromatic heterocycles. The number of para-hydroxylation sites is 1. The molecule has 0 bridgehead atoms. The molecule has 1 aliphatic rings. The highest BCUT2D eigenvalue weighted by atomic mass is 32.2. The molecule has 0 saturated carbocycles. The molecular weight excluding hydrogens is 485 g/mol. The number of hydrogen-bond donors (Lipinski definition) is 1. The second-order valence-corrected chi connectivity index (χ2v) is 10.1. The standard InChI is InChI=1S/C26H26FN3O5S/c1-35-21-11-13-22(14-12-21)36(33,34)30(24-9-3-2-8-23(24)27)18-25(31)28-17-19-6-4-7-20(16-19)29-15-5-10-26(29)32/h2-4,6-9,11-14,16H,5,10,15,17-18H2,1H3,(H,28,31). The molecule has 3 aromatic carbocycles. The molecule has 0 atom stereocenters. The predicted octanol–water partition coefficient (Wildman–Crippen LogP) is 3.47. The van der Waals surface area contributed by atoms with Crippen LogP contribution >= 0.6 is 0 Å². The fourth-order valence-electron chi connectivity index (χ4n) is 3.97. The highest BCUT2D eigenvalue weighted by Gasteiger charge is 2.29. The minimum atomic E-state index is -4.27. The van der Waals surface area contributed by atoms with Gasteiger partial charge in [-0.3, -0.25) is 13.9 Å². The highest BCUT2D eigenvalue weighted by Crippen LogP contribution is 2.27. The van der Waals surface area contributed by atoms with Crippen molar-refractivity contribution in [3.05, 3.63) is 84.2 Å². The highest BCUT2D eigenvalue weighted by molar-refractivity contribution is 7.92. The lowest BCUT2D eigenvalue weighted by Crippen LogP contribution is -2.41. The Labute approximate surface area is 209 Å². The number of sulfonamides is 1. The number of rotatable bonds is 9. The molecule has 1 heterocycles. The smallest absolute Gasteiger partial charge is 0.264 e. The predicted molar refractivity (Wildman–Crippen MR) is 134 cm³/mol. The normalized spacial score (nSPS) is 13.5. The van der Waals surface area contributed by atoms with E-state index in [1.54, 1.807) is 17.0 Å². The number of anilines is 2. The van der Waals surface area contributed by atoms with E-state index in [2.05, 4.69) is 5.32 Å². The summed E-state index contributed by atoms with van der Waals surface area (Å²) in [6.45, 7) is 0.136. The molecule has 1 aliphatic heterocycles. The second-order valence-electron chi connectivity index (χ2n) is 8.23. The third-order valence-electron chi connectivity index (χ3n) is 5.84. The van der Waals surface area contributed by atoms with Gasteiger partial charge >= 0.3 is 0 Å². The van der Waals surface area contributed by atoms with E-state index in [4.69, 9.17) is 4.74 Å². The third kappa shape index (κ3) is 5.49. The van der Waals surface area contributed by atoms with Crippen molar-refractivity contribution in [2.75, 3.05) is 29.4 Å². The van der Waals surface area contributed by atoms with Gasteiger partial charge in [0.2, 0.25) is 11.8 Å². The fraction of sp³-hybridized carbons (Fsp3) is 0.231. The van der Waals surface area contributed by atoms with Crippen LogP contribution in [-0.4, -0.2) is 40.4 Å². The number of halogens is 1. The monoisotopic (exact) mass is 511 g/mol. The lowest BCUT2D eigenvalue weighted by atomic mass is 10.2. The fourth-order valence-corrected chi connectivity index (χ4v) is 5.40. The molecule has 1 fully saturated rings. The molecule has 188 valence electrons. The number of ether oxygens (including phenoxy) is 1. The lowest BCUT2D eigenvalue weighted by molar-refractivity contribution is -0.120. The molecule has 1 saturated heterocycles. The first-order valence-electron chi connectivity index (χ1n) is 11.4. The first-order valence-corrected chi connectivity index (χ1v) is 12.8. The molecule has 2 amide bonds. The van der Waals surface area contributed by atoms with Crippen LogP contribution < -0.4 is 19.3 Å². The summed E-state index contributed by atoms with van der Waals surface area (Å²) < 4.78 is 47.3. The van der Waals surface area contributed by atoms with Crippen molar-refractivity contribution in [3.8, 4) is 5.75 Å². The molecule has 8 nitrogen and oxygen atoms in total. The van der Waals surface area contributed by atoms with Crippen molar-refractivity contribution in [2.24, 2.45) is 0 Å². The van der Waals surface area contributed by atoms with Crippen LogP contribution in [0.3, 0.4) is 0 Å². The zero-order valence-corrected chi connectivity index (χ0v) is 20.5. The van der Waals surface area contributed by atoms with Gasteiger partial charge in [0.25, 0.3) is 10.0 Å². The summed E-state index contributed by atoms with van der Waals surface area (Å²) in [5, 5.41) is 2.70. The number of benzene rings is 3. The number of hydrogen-bond acceptors (Lipinski definition) is 5. The minimum Gasteiger partial charge on any atom is -0.497 e. The maximum absolute atomic E-state index is 14.6. The van der Waals surface area contributed by atoms with Crippen LogP contribution in [0.25, 0.3) is 0 Å². The van der Waals surface area contributed by atoms with Crippen molar-refractivity contribution in [2.45, 2.75) is 24.3 Å². The van der Waals surface area contributed by atoms with E-state index in [1.807, 2.05) is 12.1 Å². The van der Waals surface area contributed by atoms with Gasteiger partial charge in [-0.1, -0.05) is 24.3 Å². The van der Waals surface area contributed by atoms with E-state index in [0.717, 1.165) is 28.0 Å². The van der Waals surface area contributed by atoms with Crippen LogP contribution in [0.4, 0.5) is 15.8 Å². The van der Waals surface area contributed by atoms with Gasteiger partial charge in [-0.05, 0) is 60.5 Å². The van der Waals surface area contributed by atoms with Crippen molar-refractivity contribution in [3.63, 3.8) is 0 Å². The Balaban J connectivity index is 1.53. The summed E-state index contributed by atoms with van der Waals surface area (Å²) in [5.41, 5.74) is 1.26. The number of carbonyl (C=O) groups excluding carboxylic acids is 2. The maximum Gasteiger partial charge on any atom is 0.264 e. The molecule has 0 unspecified atom stereocenters. The number of nitrogens with one attached hydrogen (secondary N) is 1. The van der Waals surface area contributed by atoms with Gasteiger partial charge in [0.1, 0.15) is 18.1 Å². The van der Waals surface area contributed by atoms with E-state index >= 15 is 0 Å². The van der Waals surface area contributed by atoms with Crippen LogP contribution in [0.5, 0.6) is 5.75 Å². The van der Waals surface area contributed by atoms with Gasteiger partial charge in [0, 0.05) is 25.2 Å². The summed E-state index contributed by atoms with van der Waals surface area (Å²) in [6.07, 6.45) is 1.31. The minimum absolute atomic E-state index is 0.0560. The molecule has 36 heavy (non-hydrogen) atoms. The quantitative estimate of drug-likeness (QED) is 0.475. The Morgan fingerprint density at radius 2 is 1.83 bits per heavy atom. The summed E-state index contributed by atoms with van der Waals surface area (Å²) in [7, 11) is -2.81. The van der Waals surface area contributed by atoms with Crippen molar-refractivity contribution in [1.82, 2.24) is 5.32 Å². The van der Waals surface area contributed by atoms with Gasteiger partial charge < -0.3 is 15.0 Å². The molecule has 0 radical (unpaired) electrons. The number of carbonyl (C=O) groups is 2. The number of methoxy groups -OCH3 is 1. The second kappa shape index (κ2) is 10.8. The SMILES string of the molecule is COc1ccc(S(=O)(=O)N(CC(=O)NCc2cccc(N3CCCC3=O)c2)c2ccccc2F)cc1.